The molecule has 1 heterocycles. The van der Waals surface area contributed by atoms with Gasteiger partial charge in [0.25, 0.3) is 0 Å². The van der Waals surface area contributed by atoms with Crippen LogP contribution in [0.1, 0.15) is 9.88 Å². The van der Waals surface area contributed by atoms with Crippen molar-refractivity contribution in [3.8, 4) is 11.3 Å². The van der Waals surface area contributed by atoms with Crippen molar-refractivity contribution >= 4 is 44.5 Å². The molecule has 2 aromatic rings. The van der Waals surface area contributed by atoms with Crippen molar-refractivity contribution in [1.82, 2.24) is 4.98 Å². The highest BCUT2D eigenvalue weighted by atomic mass is 79.9. The molecule has 0 aliphatic heterocycles. The third-order valence-corrected chi connectivity index (χ3v) is 3.93. The van der Waals surface area contributed by atoms with E-state index in [1.807, 2.05) is 12.1 Å². The Morgan fingerprint density at radius 3 is 2.65 bits per heavy atom. The minimum Gasteiger partial charge on any atom is -0.393 e. The molecule has 0 radical (unpaired) electrons. The van der Waals surface area contributed by atoms with Crippen molar-refractivity contribution in [1.29, 1.82) is 0 Å². The summed E-state index contributed by atoms with van der Waals surface area (Å²) in [6.07, 6.45) is 0.581. The fraction of sp³-hybridized carbons (Fsp3) is 0.167. The minimum atomic E-state index is 0.487. The van der Waals surface area contributed by atoms with E-state index < -0.39 is 0 Å². The summed E-state index contributed by atoms with van der Waals surface area (Å²) in [5.74, 6) is 0. The van der Waals surface area contributed by atoms with E-state index in [0.29, 0.717) is 11.4 Å². The number of rotatable bonds is 3. The molecular weight excluding hydrogens is 316 g/mol. The van der Waals surface area contributed by atoms with Gasteiger partial charge < -0.3 is 5.73 Å². The van der Waals surface area contributed by atoms with Crippen molar-refractivity contribution in [2.45, 2.75) is 13.3 Å². The van der Waals surface area contributed by atoms with Crippen LogP contribution in [0.4, 0.5) is 0 Å². The average Bonchev–Trinajstić information content (AvgIpc) is 2.59. The number of nitrogens with two attached hydrogens (primary N) is 1. The van der Waals surface area contributed by atoms with Gasteiger partial charge in [0.1, 0.15) is 5.01 Å². The summed E-state index contributed by atoms with van der Waals surface area (Å²) in [5.41, 5.74) is 7.68. The van der Waals surface area contributed by atoms with Crippen LogP contribution in [0.2, 0.25) is 0 Å². The molecule has 88 valence electrons. The first-order valence-electron chi connectivity index (χ1n) is 5.07. The lowest BCUT2D eigenvalue weighted by Gasteiger charge is -1.98. The van der Waals surface area contributed by atoms with Crippen LogP contribution in [-0.2, 0) is 6.42 Å². The average molecular weight is 327 g/mol. The first-order chi connectivity index (χ1) is 8.06. The molecule has 0 fully saturated rings. The summed E-state index contributed by atoms with van der Waals surface area (Å²) in [5, 5.41) is 0.980. The molecular formula is C12H11BrN2S2. The van der Waals surface area contributed by atoms with Crippen LogP contribution in [-0.4, -0.2) is 9.97 Å². The van der Waals surface area contributed by atoms with E-state index in [-0.39, 0.29) is 0 Å². The molecule has 2 rings (SSSR count). The molecule has 5 heteroatoms. The van der Waals surface area contributed by atoms with Crippen molar-refractivity contribution in [3.05, 3.63) is 38.6 Å². The van der Waals surface area contributed by atoms with Crippen LogP contribution in [0.25, 0.3) is 11.3 Å². The lowest BCUT2D eigenvalue weighted by atomic mass is 10.1. The van der Waals surface area contributed by atoms with E-state index >= 15 is 0 Å². The highest BCUT2D eigenvalue weighted by Crippen LogP contribution is 2.28. The van der Waals surface area contributed by atoms with Crippen LogP contribution >= 0.6 is 39.5 Å². The van der Waals surface area contributed by atoms with Gasteiger partial charge in [0.2, 0.25) is 0 Å². The number of thiazole rings is 1. The number of nitrogens with zero attached hydrogens (tertiary/aromatic N) is 1. The Labute approximate surface area is 118 Å². The predicted molar refractivity (Wildman–Crippen MR) is 80.5 cm³/mol. The molecule has 17 heavy (non-hydrogen) atoms. The molecule has 2 N–H and O–H groups in total. The van der Waals surface area contributed by atoms with Gasteiger partial charge in [0.05, 0.1) is 10.7 Å². The fourth-order valence-corrected chi connectivity index (χ4v) is 3.02. The maximum Gasteiger partial charge on any atom is 0.100 e. The first kappa shape index (κ1) is 12.7. The Morgan fingerprint density at radius 2 is 2.06 bits per heavy atom. The summed E-state index contributed by atoms with van der Waals surface area (Å²) in [7, 11) is 0. The van der Waals surface area contributed by atoms with Gasteiger partial charge in [-0.3, -0.25) is 0 Å². The molecule has 2 nitrogen and oxygen atoms in total. The molecule has 0 aliphatic carbocycles. The van der Waals surface area contributed by atoms with E-state index in [1.54, 1.807) is 11.3 Å². The number of hydrogen-bond acceptors (Lipinski definition) is 3. The van der Waals surface area contributed by atoms with Gasteiger partial charge in [-0.25, -0.2) is 4.98 Å². The van der Waals surface area contributed by atoms with Crippen LogP contribution in [0.5, 0.6) is 0 Å². The third kappa shape index (κ3) is 3.12. The zero-order valence-electron chi connectivity index (χ0n) is 9.24. The number of aromatic nitrogens is 1. The largest absolute Gasteiger partial charge is 0.393 e. The second kappa shape index (κ2) is 5.25. The highest BCUT2D eigenvalue weighted by Gasteiger charge is 2.10. The van der Waals surface area contributed by atoms with E-state index in [9.17, 15) is 0 Å². The molecule has 0 saturated carbocycles. The molecule has 0 saturated heterocycles. The standard InChI is InChI=1S/C12H11BrN2S2/c1-7-12(8-2-4-9(13)5-3-8)15-11(17-7)6-10(14)16/h2-5H,6H2,1H3,(H2,14,16). The van der Waals surface area contributed by atoms with Crippen LogP contribution in [0.15, 0.2) is 28.7 Å². The van der Waals surface area contributed by atoms with Crippen LogP contribution in [0, 0.1) is 6.92 Å². The lowest BCUT2D eigenvalue weighted by Crippen LogP contribution is -2.10. The molecule has 0 spiro atoms. The number of aryl methyl sites for hydroxylation is 1. The lowest BCUT2D eigenvalue weighted by molar-refractivity contribution is 1.22. The van der Waals surface area contributed by atoms with Gasteiger partial charge >= 0.3 is 0 Å². The molecule has 0 bridgehead atoms. The van der Waals surface area contributed by atoms with Crippen molar-refractivity contribution in [2.24, 2.45) is 5.73 Å². The fourth-order valence-electron chi connectivity index (χ4n) is 1.55. The first-order valence-corrected chi connectivity index (χ1v) is 7.08. The summed E-state index contributed by atoms with van der Waals surface area (Å²) in [4.78, 5) is 6.27. The molecule has 0 aliphatic rings. The van der Waals surface area contributed by atoms with Gasteiger partial charge in [0, 0.05) is 21.3 Å². The Hall–Kier alpha value is -0.780. The van der Waals surface area contributed by atoms with Gasteiger partial charge in [-0.15, -0.1) is 11.3 Å². The van der Waals surface area contributed by atoms with E-state index in [1.165, 1.54) is 4.88 Å². The Morgan fingerprint density at radius 1 is 1.41 bits per heavy atom. The number of halogens is 1. The zero-order valence-corrected chi connectivity index (χ0v) is 12.5. The molecule has 1 aromatic heterocycles. The summed E-state index contributed by atoms with van der Waals surface area (Å²) >= 11 is 9.98. The van der Waals surface area contributed by atoms with E-state index in [4.69, 9.17) is 18.0 Å². The van der Waals surface area contributed by atoms with Crippen molar-refractivity contribution in [3.63, 3.8) is 0 Å². The summed E-state index contributed by atoms with van der Waals surface area (Å²) < 4.78 is 1.07. The van der Waals surface area contributed by atoms with Crippen molar-refractivity contribution in [2.75, 3.05) is 0 Å². The normalized spacial score (nSPS) is 10.5. The Bertz CT molecular complexity index is 546. The van der Waals surface area contributed by atoms with Crippen molar-refractivity contribution < 1.29 is 0 Å². The van der Waals surface area contributed by atoms with E-state index in [0.717, 1.165) is 20.7 Å². The van der Waals surface area contributed by atoms with Crippen LogP contribution < -0.4 is 5.73 Å². The smallest absolute Gasteiger partial charge is 0.100 e. The maximum atomic E-state index is 5.53. The van der Waals surface area contributed by atoms with Gasteiger partial charge in [-0.2, -0.15) is 0 Å². The second-order valence-electron chi connectivity index (χ2n) is 3.66. The van der Waals surface area contributed by atoms with E-state index in [2.05, 4.69) is 40.0 Å². The molecule has 0 unspecified atom stereocenters. The van der Waals surface area contributed by atoms with Gasteiger partial charge in [-0.1, -0.05) is 40.3 Å². The summed E-state index contributed by atoms with van der Waals surface area (Å²) in [6, 6.07) is 8.14. The monoisotopic (exact) mass is 326 g/mol. The third-order valence-electron chi connectivity index (χ3n) is 2.28. The number of thiocarbonyl (C=S) groups is 1. The maximum absolute atomic E-state index is 5.53. The Kier molecular flexibility index (Phi) is 3.91. The second-order valence-corrected chi connectivity index (χ2v) is 6.39. The zero-order chi connectivity index (χ0) is 12.4. The van der Waals surface area contributed by atoms with Gasteiger partial charge in [0.15, 0.2) is 0 Å². The predicted octanol–water partition coefficient (Wildman–Crippen LogP) is 3.71. The summed E-state index contributed by atoms with van der Waals surface area (Å²) in [6.45, 7) is 2.07. The minimum absolute atomic E-state index is 0.487. The molecule has 1 aromatic carbocycles. The quantitative estimate of drug-likeness (QED) is 0.874. The van der Waals surface area contributed by atoms with Gasteiger partial charge in [-0.05, 0) is 19.1 Å². The van der Waals surface area contributed by atoms with Crippen LogP contribution in [0.3, 0.4) is 0 Å². The number of hydrogen-bond donors (Lipinski definition) is 1. The SMILES string of the molecule is Cc1sc(CC(N)=S)nc1-c1ccc(Br)cc1. The highest BCUT2D eigenvalue weighted by molar-refractivity contribution is 9.10. The number of benzene rings is 1. The molecule has 0 atom stereocenters. The Balaban J connectivity index is 2.35. The topological polar surface area (TPSA) is 38.9 Å². The molecule has 0 amide bonds.